The zero-order chi connectivity index (χ0) is 13.0. The van der Waals surface area contributed by atoms with E-state index in [1.807, 2.05) is 28.8 Å². The van der Waals surface area contributed by atoms with E-state index in [1.165, 1.54) is 0 Å². The molecule has 2 aromatic heterocycles. The standard InChI is InChI=1S/C14H15N3O2/c18-10-7-16(8-10)14(19)12-11-3-1-2-6-17(11)13(15-12)9-4-5-9/h1-3,6,9-10,18H,4-5,7-8H2. The second kappa shape index (κ2) is 3.81. The Hall–Kier alpha value is -1.88. The second-order valence-corrected chi connectivity index (χ2v) is 5.41. The quantitative estimate of drug-likeness (QED) is 0.874. The summed E-state index contributed by atoms with van der Waals surface area (Å²) in [7, 11) is 0. The molecule has 19 heavy (non-hydrogen) atoms. The smallest absolute Gasteiger partial charge is 0.274 e. The average Bonchev–Trinajstić information content (AvgIpc) is 3.15. The molecule has 0 aromatic carbocycles. The first-order valence-electron chi connectivity index (χ1n) is 6.68. The van der Waals surface area contributed by atoms with Crippen molar-refractivity contribution in [2.45, 2.75) is 24.9 Å². The van der Waals surface area contributed by atoms with Crippen molar-refractivity contribution in [3.63, 3.8) is 0 Å². The van der Waals surface area contributed by atoms with Crippen molar-refractivity contribution < 1.29 is 9.90 Å². The molecule has 1 aliphatic heterocycles. The Balaban J connectivity index is 1.79. The lowest BCUT2D eigenvalue weighted by molar-refractivity contribution is 0.00566. The Labute approximate surface area is 110 Å². The van der Waals surface area contributed by atoms with Crippen LogP contribution in [0.25, 0.3) is 5.52 Å². The Kier molecular flexibility index (Phi) is 2.20. The molecule has 0 unspecified atom stereocenters. The van der Waals surface area contributed by atoms with Gasteiger partial charge in [0.15, 0.2) is 5.69 Å². The van der Waals surface area contributed by atoms with Crippen molar-refractivity contribution in [1.82, 2.24) is 14.3 Å². The lowest BCUT2D eigenvalue weighted by Crippen LogP contribution is -2.53. The maximum atomic E-state index is 12.4. The van der Waals surface area contributed by atoms with Crippen molar-refractivity contribution in [2.24, 2.45) is 0 Å². The number of amides is 1. The summed E-state index contributed by atoms with van der Waals surface area (Å²) in [5.74, 6) is 1.43. The molecule has 5 nitrogen and oxygen atoms in total. The van der Waals surface area contributed by atoms with Gasteiger partial charge in [0.1, 0.15) is 5.82 Å². The number of hydrogen-bond acceptors (Lipinski definition) is 3. The van der Waals surface area contributed by atoms with E-state index in [0.29, 0.717) is 24.7 Å². The number of aromatic nitrogens is 2. The number of fused-ring (bicyclic) bond motifs is 1. The molecule has 5 heteroatoms. The van der Waals surface area contributed by atoms with Crippen LogP contribution in [0.4, 0.5) is 0 Å². The van der Waals surface area contributed by atoms with Gasteiger partial charge in [-0.25, -0.2) is 4.98 Å². The Morgan fingerprint density at radius 3 is 2.79 bits per heavy atom. The molecule has 0 bridgehead atoms. The van der Waals surface area contributed by atoms with Crippen LogP contribution in [0.15, 0.2) is 24.4 Å². The second-order valence-electron chi connectivity index (χ2n) is 5.41. The highest BCUT2D eigenvalue weighted by atomic mass is 16.3. The first-order chi connectivity index (χ1) is 9.24. The van der Waals surface area contributed by atoms with E-state index in [2.05, 4.69) is 4.98 Å². The monoisotopic (exact) mass is 257 g/mol. The molecule has 0 spiro atoms. The largest absolute Gasteiger partial charge is 0.389 e. The summed E-state index contributed by atoms with van der Waals surface area (Å²) in [6, 6.07) is 5.82. The number of aliphatic hydroxyl groups excluding tert-OH is 1. The van der Waals surface area contributed by atoms with Crippen LogP contribution in [0.3, 0.4) is 0 Å². The molecule has 1 N–H and O–H groups in total. The Bertz CT molecular complexity index is 654. The van der Waals surface area contributed by atoms with Gasteiger partial charge in [-0.15, -0.1) is 0 Å². The van der Waals surface area contributed by atoms with Gasteiger partial charge in [0.05, 0.1) is 11.6 Å². The molecule has 1 saturated heterocycles. The van der Waals surface area contributed by atoms with Crippen LogP contribution in [-0.2, 0) is 0 Å². The first kappa shape index (κ1) is 11.0. The first-order valence-corrected chi connectivity index (χ1v) is 6.68. The SMILES string of the molecule is O=C(c1nc(C2CC2)n2ccccc12)N1CC(O)C1. The molecule has 2 aromatic rings. The summed E-state index contributed by atoms with van der Waals surface area (Å²) in [5, 5.41) is 9.31. The van der Waals surface area contributed by atoms with E-state index >= 15 is 0 Å². The van der Waals surface area contributed by atoms with Crippen LogP contribution in [0, 0.1) is 0 Å². The third-order valence-corrected chi connectivity index (χ3v) is 3.87. The fourth-order valence-electron chi connectivity index (χ4n) is 2.62. The molecule has 1 saturated carbocycles. The highest BCUT2D eigenvalue weighted by Crippen LogP contribution is 2.40. The molecule has 1 amide bonds. The fraction of sp³-hybridized carbons (Fsp3) is 0.429. The molecule has 4 rings (SSSR count). The summed E-state index contributed by atoms with van der Waals surface area (Å²) in [6.45, 7) is 0.840. The highest BCUT2D eigenvalue weighted by molar-refractivity contribution is 5.99. The minimum absolute atomic E-state index is 0.0686. The van der Waals surface area contributed by atoms with Crippen molar-refractivity contribution in [3.8, 4) is 0 Å². The van der Waals surface area contributed by atoms with E-state index in [1.54, 1.807) is 4.90 Å². The number of imidazole rings is 1. The van der Waals surface area contributed by atoms with Crippen LogP contribution in [0.2, 0.25) is 0 Å². The molecule has 0 radical (unpaired) electrons. The number of rotatable bonds is 2. The van der Waals surface area contributed by atoms with Gasteiger partial charge in [-0.2, -0.15) is 0 Å². The van der Waals surface area contributed by atoms with Gasteiger partial charge < -0.3 is 14.4 Å². The van der Waals surface area contributed by atoms with Gasteiger partial charge in [-0.3, -0.25) is 4.79 Å². The number of pyridine rings is 1. The fourth-order valence-corrected chi connectivity index (χ4v) is 2.62. The highest BCUT2D eigenvalue weighted by Gasteiger charge is 2.34. The molecule has 98 valence electrons. The van der Waals surface area contributed by atoms with E-state index in [4.69, 9.17) is 0 Å². The number of likely N-dealkylation sites (tertiary alicyclic amines) is 1. The summed E-state index contributed by atoms with van der Waals surface area (Å²) >= 11 is 0. The molecule has 0 atom stereocenters. The molecule has 1 aliphatic carbocycles. The molecule has 2 aliphatic rings. The zero-order valence-corrected chi connectivity index (χ0v) is 10.5. The normalized spacial score (nSPS) is 19.7. The summed E-state index contributed by atoms with van der Waals surface area (Å²) in [5.41, 5.74) is 1.39. The third-order valence-electron chi connectivity index (χ3n) is 3.87. The van der Waals surface area contributed by atoms with Gasteiger partial charge in [0, 0.05) is 25.2 Å². The van der Waals surface area contributed by atoms with Crippen LogP contribution in [0.5, 0.6) is 0 Å². The maximum absolute atomic E-state index is 12.4. The van der Waals surface area contributed by atoms with Crippen LogP contribution < -0.4 is 0 Å². The van der Waals surface area contributed by atoms with Gasteiger partial charge in [-0.05, 0) is 25.0 Å². The minimum Gasteiger partial charge on any atom is -0.389 e. The lowest BCUT2D eigenvalue weighted by Gasteiger charge is -2.35. The number of hydrogen-bond donors (Lipinski definition) is 1. The molecule has 2 fully saturated rings. The Morgan fingerprint density at radius 1 is 1.32 bits per heavy atom. The molecule has 3 heterocycles. The topological polar surface area (TPSA) is 57.8 Å². The predicted octanol–water partition coefficient (Wildman–Crippen LogP) is 1.03. The van der Waals surface area contributed by atoms with Gasteiger partial charge in [0.25, 0.3) is 5.91 Å². The van der Waals surface area contributed by atoms with Crippen LogP contribution >= 0.6 is 0 Å². The number of aliphatic hydroxyl groups is 1. The minimum atomic E-state index is -0.374. The predicted molar refractivity (Wildman–Crippen MR) is 69.1 cm³/mol. The van der Waals surface area contributed by atoms with Crippen LogP contribution in [-0.4, -0.2) is 44.5 Å². The third kappa shape index (κ3) is 1.65. The van der Waals surface area contributed by atoms with Gasteiger partial charge >= 0.3 is 0 Å². The average molecular weight is 257 g/mol. The van der Waals surface area contributed by atoms with Crippen molar-refractivity contribution in [1.29, 1.82) is 0 Å². The van der Waals surface area contributed by atoms with E-state index in [-0.39, 0.29) is 12.0 Å². The van der Waals surface area contributed by atoms with E-state index < -0.39 is 0 Å². The summed E-state index contributed by atoms with van der Waals surface area (Å²) in [6.07, 6.45) is 3.91. The van der Waals surface area contributed by atoms with Crippen molar-refractivity contribution >= 4 is 11.4 Å². The Morgan fingerprint density at radius 2 is 2.11 bits per heavy atom. The zero-order valence-electron chi connectivity index (χ0n) is 10.5. The van der Waals surface area contributed by atoms with Crippen LogP contribution in [0.1, 0.15) is 35.1 Å². The number of carbonyl (C=O) groups is 1. The van der Waals surface area contributed by atoms with Gasteiger partial charge in [-0.1, -0.05) is 6.07 Å². The van der Waals surface area contributed by atoms with E-state index in [0.717, 1.165) is 24.2 Å². The molecular formula is C14H15N3O2. The number of carbonyl (C=O) groups excluding carboxylic acids is 1. The maximum Gasteiger partial charge on any atom is 0.274 e. The lowest BCUT2D eigenvalue weighted by atomic mass is 10.1. The van der Waals surface area contributed by atoms with Crippen molar-refractivity contribution in [2.75, 3.05) is 13.1 Å². The summed E-state index contributed by atoms with van der Waals surface area (Å²) < 4.78 is 2.03. The van der Waals surface area contributed by atoms with E-state index in [9.17, 15) is 9.90 Å². The summed E-state index contributed by atoms with van der Waals surface area (Å²) in [4.78, 5) is 18.6. The van der Waals surface area contributed by atoms with Gasteiger partial charge in [0.2, 0.25) is 0 Å². The number of β-amino-alcohol motifs (C(OH)–C–C–N with tert-alkyl or cyclic N) is 1. The molecular weight excluding hydrogens is 242 g/mol. The number of nitrogens with zero attached hydrogens (tertiary/aromatic N) is 3. The van der Waals surface area contributed by atoms with Crippen molar-refractivity contribution in [3.05, 3.63) is 35.9 Å².